The van der Waals surface area contributed by atoms with Gasteiger partial charge in [-0.05, 0) is 29.8 Å². The number of para-hydroxylation sites is 4. The van der Waals surface area contributed by atoms with Gasteiger partial charge in [-0.1, -0.05) is 35.8 Å². The molecule has 0 N–H and O–H groups in total. The molecule has 150 valence electrons. The van der Waals surface area contributed by atoms with E-state index in [0.29, 0.717) is 23.3 Å². The third-order valence-electron chi connectivity index (χ3n) is 5.26. The molecule has 5 rings (SSSR count). The van der Waals surface area contributed by atoms with Crippen molar-refractivity contribution in [2.45, 2.75) is 0 Å². The van der Waals surface area contributed by atoms with Gasteiger partial charge in [-0.25, -0.2) is 0 Å². The van der Waals surface area contributed by atoms with Crippen molar-refractivity contribution in [1.82, 2.24) is 0 Å². The first-order chi connectivity index (χ1) is 14.5. The van der Waals surface area contributed by atoms with Crippen LogP contribution in [0.1, 0.15) is 0 Å². The molecular weight excluding hydrogens is 384 g/mol. The smallest absolute Gasteiger partial charge is 0.201 e. The van der Waals surface area contributed by atoms with Crippen LogP contribution in [0.15, 0.2) is 95.1 Å². The van der Waals surface area contributed by atoms with E-state index in [2.05, 4.69) is 0 Å². The monoisotopic (exact) mass is 400 g/mol. The van der Waals surface area contributed by atoms with Gasteiger partial charge >= 0.3 is 0 Å². The topological polar surface area (TPSA) is 88.1 Å². The summed E-state index contributed by atoms with van der Waals surface area (Å²) in [6.07, 6.45) is 2.64. The van der Waals surface area contributed by atoms with Crippen molar-refractivity contribution in [3.05, 3.63) is 95.1 Å². The molecule has 3 aliphatic rings. The molecule has 7 nitrogen and oxygen atoms in total. The van der Waals surface area contributed by atoms with Crippen LogP contribution >= 0.6 is 0 Å². The van der Waals surface area contributed by atoms with Gasteiger partial charge in [0, 0.05) is 31.8 Å². The van der Waals surface area contributed by atoms with Crippen molar-refractivity contribution in [1.29, 1.82) is 0 Å². The van der Waals surface area contributed by atoms with Gasteiger partial charge in [0.2, 0.25) is 11.8 Å². The van der Waals surface area contributed by atoms with Crippen LogP contribution in [-0.2, 0) is 4.79 Å². The van der Waals surface area contributed by atoms with E-state index < -0.39 is 17.3 Å². The van der Waals surface area contributed by atoms with Gasteiger partial charge in [0.05, 0.1) is 11.4 Å². The summed E-state index contributed by atoms with van der Waals surface area (Å²) < 4.78 is 11.5. The molecular formula is C23H16N2O5-2. The number of ketones is 1. The fourth-order valence-electron chi connectivity index (χ4n) is 3.60. The lowest BCUT2D eigenvalue weighted by Gasteiger charge is -2.17. The van der Waals surface area contributed by atoms with E-state index in [1.807, 2.05) is 36.4 Å². The van der Waals surface area contributed by atoms with E-state index in [1.54, 1.807) is 36.0 Å². The summed E-state index contributed by atoms with van der Waals surface area (Å²) in [4.78, 5) is 16.0. The molecule has 0 fully saturated rings. The molecule has 0 radical (unpaired) electrons. The minimum Gasteiger partial charge on any atom is -0.872 e. The van der Waals surface area contributed by atoms with Crippen LogP contribution in [0.4, 0.5) is 11.4 Å². The molecule has 0 bridgehead atoms. The van der Waals surface area contributed by atoms with Crippen molar-refractivity contribution in [3.8, 4) is 11.5 Å². The quantitative estimate of drug-likeness (QED) is 0.756. The number of carbonyl (C=O) groups excluding carboxylic acids is 1. The molecule has 2 aliphatic heterocycles. The van der Waals surface area contributed by atoms with Crippen LogP contribution in [0.25, 0.3) is 0 Å². The van der Waals surface area contributed by atoms with Crippen LogP contribution in [0.2, 0.25) is 0 Å². The predicted octanol–water partition coefficient (Wildman–Crippen LogP) is 1.54. The second kappa shape index (κ2) is 6.45. The zero-order valence-electron chi connectivity index (χ0n) is 16.2. The Morgan fingerprint density at radius 2 is 1.20 bits per heavy atom. The first-order valence-corrected chi connectivity index (χ1v) is 9.28. The largest absolute Gasteiger partial charge is 0.872 e. The first kappa shape index (κ1) is 17.9. The summed E-state index contributed by atoms with van der Waals surface area (Å²) >= 11 is 0. The predicted molar refractivity (Wildman–Crippen MR) is 106 cm³/mol. The zero-order valence-corrected chi connectivity index (χ0v) is 16.2. The van der Waals surface area contributed by atoms with E-state index in [-0.39, 0.29) is 11.1 Å². The fourth-order valence-corrected chi connectivity index (χ4v) is 3.60. The Labute approximate surface area is 172 Å². The summed E-state index contributed by atoms with van der Waals surface area (Å²) in [6.45, 7) is 0. The molecule has 1 aliphatic carbocycles. The summed E-state index contributed by atoms with van der Waals surface area (Å²) in [5.41, 5.74) is 1.16. The second-order valence-electron chi connectivity index (χ2n) is 7.04. The fraction of sp³-hybridized carbons (Fsp3) is 0.0870. The minimum absolute atomic E-state index is 0.223. The standard InChI is InChI=1S/C23H18N2O5/c1-24-15-7-3-5-9-17(15)29-19(24)11-13-21(26)14(23(28)22(13)27)12-20-25(2)16-8-4-6-10-18(16)30-20/h3-12,26H,1-2H3,(H,27,28)/p-2/b19-11+,20-12+. The van der Waals surface area contributed by atoms with Gasteiger partial charge in [0.15, 0.2) is 17.3 Å². The number of carbonyl (C=O) groups is 1. The molecule has 2 aromatic rings. The summed E-state index contributed by atoms with van der Waals surface area (Å²) in [5, 5.41) is 25.4. The van der Waals surface area contributed by atoms with Crippen molar-refractivity contribution >= 4 is 17.2 Å². The maximum atomic E-state index is 12.9. The van der Waals surface area contributed by atoms with Crippen molar-refractivity contribution in [2.75, 3.05) is 23.9 Å². The number of hydrogen-bond donors (Lipinski definition) is 0. The van der Waals surface area contributed by atoms with E-state index in [1.165, 1.54) is 12.2 Å². The summed E-state index contributed by atoms with van der Waals surface area (Å²) in [7, 11) is 3.52. The Morgan fingerprint density at radius 1 is 0.733 bits per heavy atom. The minimum atomic E-state index is -0.856. The number of rotatable bonds is 2. The second-order valence-corrected chi connectivity index (χ2v) is 7.04. The highest BCUT2D eigenvalue weighted by molar-refractivity contribution is 6.13. The highest BCUT2D eigenvalue weighted by Crippen LogP contribution is 2.40. The van der Waals surface area contributed by atoms with E-state index in [9.17, 15) is 15.0 Å². The lowest BCUT2D eigenvalue weighted by molar-refractivity contribution is -0.308. The third-order valence-corrected chi connectivity index (χ3v) is 5.26. The lowest BCUT2D eigenvalue weighted by atomic mass is 10.2. The van der Waals surface area contributed by atoms with Crippen LogP contribution in [0.5, 0.6) is 11.5 Å². The van der Waals surface area contributed by atoms with Gasteiger partial charge in [0.1, 0.15) is 0 Å². The molecule has 2 aromatic carbocycles. The van der Waals surface area contributed by atoms with Crippen LogP contribution < -0.4 is 29.5 Å². The molecule has 0 aromatic heterocycles. The number of Topliss-reactive ketones (excluding diaryl/α,β-unsaturated/α-hetero) is 1. The van der Waals surface area contributed by atoms with Crippen LogP contribution in [-0.4, -0.2) is 19.9 Å². The number of allylic oxidation sites excluding steroid dienone is 3. The van der Waals surface area contributed by atoms with Gasteiger partial charge in [-0.3, -0.25) is 4.79 Å². The van der Waals surface area contributed by atoms with Gasteiger partial charge in [-0.2, -0.15) is 0 Å². The Hall–Kier alpha value is -4.13. The average molecular weight is 400 g/mol. The number of fused-ring (bicyclic) bond motifs is 2. The highest BCUT2D eigenvalue weighted by atomic mass is 16.5. The summed E-state index contributed by atoms with van der Waals surface area (Å²) in [6, 6.07) is 14.7. The number of anilines is 2. The molecule has 7 heteroatoms. The highest BCUT2D eigenvalue weighted by Gasteiger charge is 2.28. The van der Waals surface area contributed by atoms with E-state index in [4.69, 9.17) is 9.47 Å². The number of benzene rings is 2. The molecule has 0 unspecified atom stereocenters. The van der Waals surface area contributed by atoms with Crippen molar-refractivity contribution in [2.24, 2.45) is 0 Å². The third kappa shape index (κ3) is 2.56. The SMILES string of the molecule is CN1/C(=C\C2=C([O-])C(/C=C3/Oc4ccccc4N3C)=C([O-])C2=O)Oc2ccccc21. The van der Waals surface area contributed by atoms with E-state index >= 15 is 0 Å². The molecule has 2 heterocycles. The van der Waals surface area contributed by atoms with Crippen LogP contribution in [0, 0.1) is 0 Å². The maximum Gasteiger partial charge on any atom is 0.201 e. The normalized spacial score (nSPS) is 20.3. The average Bonchev–Trinajstić information content (AvgIpc) is 3.31. The lowest BCUT2D eigenvalue weighted by Crippen LogP contribution is -2.17. The van der Waals surface area contributed by atoms with E-state index in [0.717, 1.165) is 11.4 Å². The van der Waals surface area contributed by atoms with Crippen LogP contribution in [0.3, 0.4) is 0 Å². The molecule has 30 heavy (non-hydrogen) atoms. The molecule has 0 spiro atoms. The summed E-state index contributed by atoms with van der Waals surface area (Å²) in [5.74, 6) is -0.531. The molecule has 0 atom stereocenters. The zero-order chi connectivity index (χ0) is 21.0. The Balaban J connectivity index is 1.49. The number of ether oxygens (including phenoxy) is 2. The molecule has 0 saturated carbocycles. The number of nitrogens with zero attached hydrogens (tertiary/aromatic N) is 2. The van der Waals surface area contributed by atoms with Crippen molar-refractivity contribution < 1.29 is 24.5 Å². The first-order valence-electron chi connectivity index (χ1n) is 9.28. The molecule has 0 amide bonds. The Kier molecular flexibility index (Phi) is 3.86. The van der Waals surface area contributed by atoms with Gasteiger partial charge in [-0.15, -0.1) is 0 Å². The van der Waals surface area contributed by atoms with Gasteiger partial charge in [0.25, 0.3) is 0 Å². The van der Waals surface area contributed by atoms with Gasteiger partial charge < -0.3 is 29.5 Å². The maximum absolute atomic E-state index is 12.9. The Morgan fingerprint density at radius 3 is 1.70 bits per heavy atom. The Bertz CT molecular complexity index is 1220. The molecule has 0 saturated heterocycles. The number of hydrogen-bond acceptors (Lipinski definition) is 7. The van der Waals surface area contributed by atoms with Crippen molar-refractivity contribution in [3.63, 3.8) is 0 Å².